The highest BCUT2D eigenvalue weighted by Gasteiger charge is 2.30. The fourth-order valence-electron chi connectivity index (χ4n) is 2.17. The minimum atomic E-state index is -4.40. The van der Waals surface area contributed by atoms with Gasteiger partial charge in [-0.15, -0.1) is 11.8 Å². The van der Waals surface area contributed by atoms with Gasteiger partial charge in [0.1, 0.15) is 0 Å². The van der Waals surface area contributed by atoms with Gasteiger partial charge in [-0.25, -0.2) is 0 Å². The predicted octanol–water partition coefficient (Wildman–Crippen LogP) is 4.92. The highest BCUT2D eigenvalue weighted by atomic mass is 32.2. The minimum Gasteiger partial charge on any atom is -0.345 e. The Morgan fingerprint density at radius 1 is 1.13 bits per heavy atom. The quantitative estimate of drug-likeness (QED) is 0.801. The molecule has 0 heterocycles. The van der Waals surface area contributed by atoms with E-state index in [4.69, 9.17) is 0 Å². The van der Waals surface area contributed by atoms with E-state index in [1.54, 1.807) is 25.1 Å². The number of nitrogens with one attached hydrogen (secondary N) is 1. The monoisotopic (exact) mass is 339 g/mol. The molecule has 0 aliphatic rings. The smallest absolute Gasteiger partial charge is 0.345 e. The third-order valence-electron chi connectivity index (χ3n) is 3.41. The molecule has 122 valence electrons. The van der Waals surface area contributed by atoms with Gasteiger partial charge in [-0.05, 0) is 43.0 Å². The summed E-state index contributed by atoms with van der Waals surface area (Å²) >= 11 is 1.44. The molecule has 0 spiro atoms. The van der Waals surface area contributed by atoms with E-state index in [9.17, 15) is 18.0 Å². The lowest BCUT2D eigenvalue weighted by Crippen LogP contribution is -2.27. The number of alkyl halides is 3. The third kappa shape index (κ3) is 4.28. The second-order valence-electron chi connectivity index (χ2n) is 5.02. The maximum Gasteiger partial charge on any atom is 0.416 e. The molecule has 2 nitrogen and oxygen atoms in total. The van der Waals surface area contributed by atoms with Crippen molar-refractivity contribution in [2.45, 2.75) is 24.0 Å². The van der Waals surface area contributed by atoms with Crippen LogP contribution in [0.25, 0.3) is 0 Å². The SMILES string of the molecule is CSc1ccccc1C(=O)NC(C)c1cccc(C(F)(F)F)c1. The van der Waals surface area contributed by atoms with Gasteiger partial charge in [0.2, 0.25) is 0 Å². The van der Waals surface area contributed by atoms with Crippen molar-refractivity contribution in [1.29, 1.82) is 0 Å². The molecule has 2 aromatic rings. The predicted molar refractivity (Wildman–Crippen MR) is 85.5 cm³/mol. The molecule has 1 N–H and O–H groups in total. The Balaban J connectivity index is 2.19. The van der Waals surface area contributed by atoms with Gasteiger partial charge < -0.3 is 5.32 Å². The molecule has 0 bridgehead atoms. The first-order valence-electron chi connectivity index (χ1n) is 6.94. The maximum absolute atomic E-state index is 12.8. The molecule has 0 aliphatic heterocycles. The van der Waals surface area contributed by atoms with Crippen molar-refractivity contribution in [2.75, 3.05) is 6.26 Å². The molecule has 1 unspecified atom stereocenters. The fraction of sp³-hybridized carbons (Fsp3) is 0.235. The van der Waals surface area contributed by atoms with Crippen LogP contribution in [0.5, 0.6) is 0 Å². The van der Waals surface area contributed by atoms with Gasteiger partial charge in [0.05, 0.1) is 17.2 Å². The molecule has 1 amide bonds. The first-order chi connectivity index (χ1) is 10.8. The Morgan fingerprint density at radius 3 is 2.48 bits per heavy atom. The van der Waals surface area contributed by atoms with Crippen molar-refractivity contribution in [3.63, 3.8) is 0 Å². The number of halogens is 3. The highest BCUT2D eigenvalue weighted by molar-refractivity contribution is 7.98. The first kappa shape index (κ1) is 17.4. The zero-order valence-corrected chi connectivity index (χ0v) is 13.5. The average molecular weight is 339 g/mol. The Labute approximate surface area is 137 Å². The van der Waals surface area contributed by atoms with E-state index < -0.39 is 17.8 Å². The Hall–Kier alpha value is -1.95. The van der Waals surface area contributed by atoms with E-state index in [0.717, 1.165) is 17.0 Å². The summed E-state index contributed by atoms with van der Waals surface area (Å²) in [5.74, 6) is -0.306. The summed E-state index contributed by atoms with van der Waals surface area (Å²) in [4.78, 5) is 13.2. The molecule has 2 aromatic carbocycles. The zero-order chi connectivity index (χ0) is 17.0. The molecule has 0 aliphatic carbocycles. The van der Waals surface area contributed by atoms with E-state index in [2.05, 4.69) is 5.32 Å². The van der Waals surface area contributed by atoms with Crippen LogP contribution in [0.1, 0.15) is 34.5 Å². The lowest BCUT2D eigenvalue weighted by molar-refractivity contribution is -0.137. The maximum atomic E-state index is 12.8. The van der Waals surface area contributed by atoms with Crippen LogP contribution < -0.4 is 5.32 Å². The summed E-state index contributed by atoms with van der Waals surface area (Å²) in [7, 11) is 0. The third-order valence-corrected chi connectivity index (χ3v) is 4.21. The van der Waals surface area contributed by atoms with Crippen molar-refractivity contribution < 1.29 is 18.0 Å². The van der Waals surface area contributed by atoms with Crippen molar-refractivity contribution in [1.82, 2.24) is 5.32 Å². The number of benzene rings is 2. The van der Waals surface area contributed by atoms with Gasteiger partial charge in [-0.2, -0.15) is 13.2 Å². The van der Waals surface area contributed by atoms with E-state index >= 15 is 0 Å². The molecule has 1 atom stereocenters. The lowest BCUT2D eigenvalue weighted by atomic mass is 10.0. The number of carbonyl (C=O) groups excluding carboxylic acids is 1. The van der Waals surface area contributed by atoms with Crippen molar-refractivity contribution in [3.05, 3.63) is 65.2 Å². The van der Waals surface area contributed by atoms with Crippen LogP contribution in [-0.2, 0) is 6.18 Å². The molecule has 0 aromatic heterocycles. The minimum absolute atomic E-state index is 0.306. The topological polar surface area (TPSA) is 29.1 Å². The summed E-state index contributed by atoms with van der Waals surface area (Å²) in [6, 6.07) is 11.6. The number of amides is 1. The summed E-state index contributed by atoms with van der Waals surface area (Å²) in [5.41, 5.74) is 0.203. The summed E-state index contributed by atoms with van der Waals surface area (Å²) < 4.78 is 38.3. The number of thioether (sulfide) groups is 1. The summed E-state index contributed by atoms with van der Waals surface area (Å²) in [6.45, 7) is 1.66. The lowest BCUT2D eigenvalue weighted by Gasteiger charge is -2.17. The molecule has 23 heavy (non-hydrogen) atoms. The average Bonchev–Trinajstić information content (AvgIpc) is 2.54. The molecule has 0 saturated carbocycles. The number of hydrogen-bond acceptors (Lipinski definition) is 2. The standard InChI is InChI=1S/C17H16F3NOS/c1-11(12-6-5-7-13(10-12)17(18,19)20)21-16(22)14-8-3-4-9-15(14)23-2/h3-11H,1-2H3,(H,21,22). The van der Waals surface area contributed by atoms with Crippen LogP contribution in [0.2, 0.25) is 0 Å². The van der Waals surface area contributed by atoms with Gasteiger partial charge in [-0.3, -0.25) is 4.79 Å². The van der Waals surface area contributed by atoms with Crippen molar-refractivity contribution in [2.24, 2.45) is 0 Å². The molecule has 0 saturated heterocycles. The van der Waals surface area contributed by atoms with Crippen LogP contribution >= 0.6 is 11.8 Å². The number of carbonyl (C=O) groups is 1. The van der Waals surface area contributed by atoms with Crippen LogP contribution in [0.3, 0.4) is 0 Å². The molecule has 6 heteroatoms. The Morgan fingerprint density at radius 2 is 1.83 bits per heavy atom. The zero-order valence-electron chi connectivity index (χ0n) is 12.6. The van der Waals surface area contributed by atoms with Gasteiger partial charge in [0.25, 0.3) is 5.91 Å². The Kier molecular flexibility index (Phi) is 5.36. The molecule has 0 fully saturated rings. The molecule has 2 rings (SSSR count). The van der Waals surface area contributed by atoms with E-state index in [-0.39, 0.29) is 5.91 Å². The molecular formula is C17H16F3NOS. The van der Waals surface area contributed by atoms with E-state index in [1.165, 1.54) is 17.8 Å². The summed E-state index contributed by atoms with van der Waals surface area (Å²) in [5, 5.41) is 2.75. The van der Waals surface area contributed by atoms with Gasteiger partial charge >= 0.3 is 6.18 Å². The normalized spacial score (nSPS) is 12.7. The van der Waals surface area contributed by atoms with Crippen LogP contribution in [0, 0.1) is 0 Å². The molecular weight excluding hydrogens is 323 g/mol. The Bertz CT molecular complexity index is 700. The van der Waals surface area contributed by atoms with Crippen molar-refractivity contribution >= 4 is 17.7 Å². The van der Waals surface area contributed by atoms with Crippen LogP contribution in [0.15, 0.2) is 53.4 Å². The van der Waals surface area contributed by atoms with Crippen LogP contribution in [-0.4, -0.2) is 12.2 Å². The summed E-state index contributed by atoms with van der Waals surface area (Å²) in [6.07, 6.45) is -2.53. The number of rotatable bonds is 4. The molecule has 0 radical (unpaired) electrons. The highest BCUT2D eigenvalue weighted by Crippen LogP contribution is 2.31. The largest absolute Gasteiger partial charge is 0.416 e. The van der Waals surface area contributed by atoms with Crippen molar-refractivity contribution in [3.8, 4) is 0 Å². The van der Waals surface area contributed by atoms with Crippen LogP contribution in [0.4, 0.5) is 13.2 Å². The fourth-order valence-corrected chi connectivity index (χ4v) is 2.77. The van der Waals surface area contributed by atoms with Gasteiger partial charge in [0, 0.05) is 4.90 Å². The van der Waals surface area contributed by atoms with E-state index in [0.29, 0.717) is 11.1 Å². The first-order valence-corrected chi connectivity index (χ1v) is 8.16. The van der Waals surface area contributed by atoms with Gasteiger partial charge in [-0.1, -0.05) is 24.3 Å². The second kappa shape index (κ2) is 7.08. The second-order valence-corrected chi connectivity index (χ2v) is 5.87. The van der Waals surface area contributed by atoms with Gasteiger partial charge in [0.15, 0.2) is 0 Å². The van der Waals surface area contributed by atoms with E-state index in [1.807, 2.05) is 18.4 Å². The number of hydrogen-bond donors (Lipinski definition) is 1.